The standard InChI is InChI=1S/C10H20N4O2/c1-15-7-9(3-2-5-11)12-6-4-10-13-8-14-16-10/h8-9,12H,2-7,11H2,1H3. The fourth-order valence-electron chi connectivity index (χ4n) is 1.50. The van der Waals surface area contributed by atoms with E-state index in [-0.39, 0.29) is 0 Å². The quantitative estimate of drug-likeness (QED) is 0.616. The number of ether oxygens (including phenoxy) is 1. The highest BCUT2D eigenvalue weighted by atomic mass is 16.5. The topological polar surface area (TPSA) is 86.2 Å². The smallest absolute Gasteiger partial charge is 0.227 e. The van der Waals surface area contributed by atoms with Crippen molar-refractivity contribution in [3.8, 4) is 0 Å². The van der Waals surface area contributed by atoms with Crippen LogP contribution in [-0.4, -0.2) is 43.0 Å². The van der Waals surface area contributed by atoms with E-state index in [9.17, 15) is 0 Å². The first-order valence-electron chi connectivity index (χ1n) is 5.54. The van der Waals surface area contributed by atoms with Gasteiger partial charge in [0, 0.05) is 26.1 Å². The summed E-state index contributed by atoms with van der Waals surface area (Å²) >= 11 is 0. The van der Waals surface area contributed by atoms with E-state index in [0.29, 0.717) is 25.1 Å². The summed E-state index contributed by atoms with van der Waals surface area (Å²) in [5, 5.41) is 6.94. The van der Waals surface area contributed by atoms with Gasteiger partial charge in [0.15, 0.2) is 6.33 Å². The monoisotopic (exact) mass is 228 g/mol. The van der Waals surface area contributed by atoms with Crippen LogP contribution in [0.5, 0.6) is 0 Å². The Morgan fingerprint density at radius 2 is 2.50 bits per heavy atom. The number of aromatic nitrogens is 2. The number of hydrogen-bond acceptors (Lipinski definition) is 6. The van der Waals surface area contributed by atoms with E-state index in [2.05, 4.69) is 15.5 Å². The summed E-state index contributed by atoms with van der Waals surface area (Å²) in [6, 6.07) is 0.344. The van der Waals surface area contributed by atoms with E-state index in [4.69, 9.17) is 15.0 Å². The van der Waals surface area contributed by atoms with E-state index in [1.165, 1.54) is 6.33 Å². The molecular formula is C10H20N4O2. The zero-order chi connectivity index (χ0) is 11.6. The molecule has 0 radical (unpaired) electrons. The average molecular weight is 228 g/mol. The third-order valence-electron chi connectivity index (χ3n) is 2.30. The van der Waals surface area contributed by atoms with Crippen LogP contribution in [0.3, 0.4) is 0 Å². The predicted octanol–water partition coefficient (Wildman–Crippen LogP) is -0.0444. The molecule has 0 aromatic carbocycles. The molecule has 0 bridgehead atoms. The Hall–Kier alpha value is -0.980. The summed E-state index contributed by atoms with van der Waals surface area (Å²) in [4.78, 5) is 3.95. The molecule has 0 aliphatic heterocycles. The Kier molecular flexibility index (Phi) is 6.71. The molecule has 1 atom stereocenters. The normalized spacial score (nSPS) is 12.9. The van der Waals surface area contributed by atoms with Crippen LogP contribution in [0.4, 0.5) is 0 Å². The molecule has 0 spiro atoms. The van der Waals surface area contributed by atoms with Crippen LogP contribution < -0.4 is 11.1 Å². The molecule has 16 heavy (non-hydrogen) atoms. The second kappa shape index (κ2) is 8.20. The van der Waals surface area contributed by atoms with Crippen LogP contribution in [0.2, 0.25) is 0 Å². The number of rotatable bonds is 9. The zero-order valence-electron chi connectivity index (χ0n) is 9.69. The number of nitrogens with two attached hydrogens (primary N) is 1. The minimum absolute atomic E-state index is 0.344. The van der Waals surface area contributed by atoms with Crippen LogP contribution in [0, 0.1) is 0 Å². The molecule has 1 unspecified atom stereocenters. The molecule has 6 nitrogen and oxygen atoms in total. The first kappa shape index (κ1) is 13.1. The molecule has 1 aromatic rings. The lowest BCUT2D eigenvalue weighted by Crippen LogP contribution is -2.35. The van der Waals surface area contributed by atoms with Gasteiger partial charge in [0.25, 0.3) is 0 Å². The van der Waals surface area contributed by atoms with Crippen molar-refractivity contribution in [3.05, 3.63) is 12.2 Å². The van der Waals surface area contributed by atoms with Crippen molar-refractivity contribution in [2.75, 3.05) is 26.8 Å². The van der Waals surface area contributed by atoms with E-state index in [1.54, 1.807) is 7.11 Å². The van der Waals surface area contributed by atoms with Gasteiger partial charge < -0.3 is 20.3 Å². The van der Waals surface area contributed by atoms with Crippen molar-refractivity contribution in [2.45, 2.75) is 25.3 Å². The molecule has 0 amide bonds. The Balaban J connectivity index is 2.15. The Bertz CT molecular complexity index is 253. The molecule has 0 aliphatic rings. The highest BCUT2D eigenvalue weighted by molar-refractivity contribution is 4.77. The molecule has 0 saturated heterocycles. The third-order valence-corrected chi connectivity index (χ3v) is 2.30. The van der Waals surface area contributed by atoms with E-state index in [1.807, 2.05) is 0 Å². The molecule has 6 heteroatoms. The van der Waals surface area contributed by atoms with E-state index < -0.39 is 0 Å². The van der Waals surface area contributed by atoms with Crippen LogP contribution in [0.1, 0.15) is 18.7 Å². The first-order chi connectivity index (χ1) is 7.86. The summed E-state index contributed by atoms with van der Waals surface area (Å²) < 4.78 is 10.0. The minimum atomic E-state index is 0.344. The van der Waals surface area contributed by atoms with Crippen molar-refractivity contribution < 1.29 is 9.26 Å². The van der Waals surface area contributed by atoms with Gasteiger partial charge in [-0.15, -0.1) is 0 Å². The lowest BCUT2D eigenvalue weighted by molar-refractivity contribution is 0.161. The highest BCUT2D eigenvalue weighted by Gasteiger charge is 2.07. The lowest BCUT2D eigenvalue weighted by atomic mass is 10.1. The first-order valence-corrected chi connectivity index (χ1v) is 5.54. The van der Waals surface area contributed by atoms with Gasteiger partial charge in [-0.2, -0.15) is 4.98 Å². The van der Waals surface area contributed by atoms with Crippen LogP contribution in [-0.2, 0) is 11.2 Å². The third kappa shape index (κ3) is 5.20. The Morgan fingerprint density at radius 3 is 3.12 bits per heavy atom. The predicted molar refractivity (Wildman–Crippen MR) is 60.0 cm³/mol. The summed E-state index contributed by atoms with van der Waals surface area (Å²) in [5.74, 6) is 0.655. The van der Waals surface area contributed by atoms with Gasteiger partial charge in [0.05, 0.1) is 6.61 Å². The molecule has 92 valence electrons. The fraction of sp³-hybridized carbons (Fsp3) is 0.800. The van der Waals surface area contributed by atoms with Crippen LogP contribution >= 0.6 is 0 Å². The Morgan fingerprint density at radius 1 is 1.62 bits per heavy atom. The maximum Gasteiger partial charge on any atom is 0.227 e. The van der Waals surface area contributed by atoms with Crippen molar-refractivity contribution in [2.24, 2.45) is 5.73 Å². The van der Waals surface area contributed by atoms with Gasteiger partial charge in [0.2, 0.25) is 5.89 Å². The summed E-state index contributed by atoms with van der Waals surface area (Å²) in [6.45, 7) is 2.22. The molecular weight excluding hydrogens is 208 g/mol. The summed E-state index contributed by atoms with van der Waals surface area (Å²) in [6.07, 6.45) is 4.18. The number of nitrogens with zero attached hydrogens (tertiary/aromatic N) is 2. The number of nitrogens with one attached hydrogen (secondary N) is 1. The average Bonchev–Trinajstić information content (AvgIpc) is 2.79. The largest absolute Gasteiger partial charge is 0.383 e. The number of methoxy groups -OCH3 is 1. The second-order valence-corrected chi connectivity index (χ2v) is 3.62. The molecule has 0 aliphatic carbocycles. The minimum Gasteiger partial charge on any atom is -0.383 e. The zero-order valence-corrected chi connectivity index (χ0v) is 9.69. The van der Waals surface area contributed by atoms with Gasteiger partial charge in [-0.1, -0.05) is 5.16 Å². The Labute approximate surface area is 95.5 Å². The molecule has 1 rings (SSSR count). The summed E-state index contributed by atoms with van der Waals surface area (Å²) in [7, 11) is 1.70. The fourth-order valence-corrected chi connectivity index (χ4v) is 1.50. The SMILES string of the molecule is COCC(CCCN)NCCc1ncno1. The van der Waals surface area contributed by atoms with Crippen molar-refractivity contribution in [1.29, 1.82) is 0 Å². The molecule has 3 N–H and O–H groups in total. The van der Waals surface area contributed by atoms with Crippen LogP contribution in [0.15, 0.2) is 10.9 Å². The van der Waals surface area contributed by atoms with Gasteiger partial charge in [-0.05, 0) is 19.4 Å². The molecule has 0 fully saturated rings. The van der Waals surface area contributed by atoms with Gasteiger partial charge in [-0.3, -0.25) is 0 Å². The van der Waals surface area contributed by atoms with Crippen molar-refractivity contribution in [1.82, 2.24) is 15.5 Å². The van der Waals surface area contributed by atoms with Crippen molar-refractivity contribution in [3.63, 3.8) is 0 Å². The molecule has 1 heterocycles. The summed E-state index contributed by atoms with van der Waals surface area (Å²) in [5.41, 5.74) is 5.48. The van der Waals surface area contributed by atoms with Gasteiger partial charge in [-0.25, -0.2) is 0 Å². The maximum atomic E-state index is 5.48. The number of hydrogen-bond donors (Lipinski definition) is 2. The maximum absolute atomic E-state index is 5.48. The van der Waals surface area contributed by atoms with E-state index >= 15 is 0 Å². The lowest BCUT2D eigenvalue weighted by Gasteiger charge is -2.16. The molecule has 1 aromatic heterocycles. The van der Waals surface area contributed by atoms with E-state index in [0.717, 1.165) is 25.8 Å². The molecule has 0 saturated carbocycles. The second-order valence-electron chi connectivity index (χ2n) is 3.62. The highest BCUT2D eigenvalue weighted by Crippen LogP contribution is 1.98. The van der Waals surface area contributed by atoms with Gasteiger partial charge in [0.1, 0.15) is 0 Å². The van der Waals surface area contributed by atoms with Gasteiger partial charge >= 0.3 is 0 Å². The van der Waals surface area contributed by atoms with Crippen molar-refractivity contribution >= 4 is 0 Å². The van der Waals surface area contributed by atoms with Crippen LogP contribution in [0.25, 0.3) is 0 Å².